The predicted molar refractivity (Wildman–Crippen MR) is 163 cm³/mol. The Kier molecular flexibility index (Phi) is 5.63. The lowest BCUT2D eigenvalue weighted by Gasteiger charge is -2.40. The summed E-state index contributed by atoms with van der Waals surface area (Å²) in [6.07, 6.45) is 6.47. The Morgan fingerprint density at radius 1 is 1.09 bits per heavy atom. The molecule has 8 nitrogen and oxygen atoms in total. The number of nitrogens with zero attached hydrogens (tertiary/aromatic N) is 5. The number of anilines is 1. The molecular weight excluding hydrogens is 567 g/mol. The molecule has 7 heterocycles. The van der Waals surface area contributed by atoms with Crippen molar-refractivity contribution < 1.29 is 14.2 Å². The van der Waals surface area contributed by atoms with Gasteiger partial charge in [0, 0.05) is 34.6 Å². The van der Waals surface area contributed by atoms with Gasteiger partial charge in [-0.2, -0.15) is 0 Å². The number of phenols is 1. The predicted octanol–water partition coefficient (Wildman–Crippen LogP) is 5.02. The zero-order valence-electron chi connectivity index (χ0n) is 23.5. The maximum atomic E-state index is 16.9. The summed E-state index contributed by atoms with van der Waals surface area (Å²) in [6.45, 7) is 3.26. The van der Waals surface area contributed by atoms with Crippen LogP contribution in [-0.4, -0.2) is 74.9 Å². The zero-order valence-corrected chi connectivity index (χ0v) is 24.3. The van der Waals surface area contributed by atoms with Crippen LogP contribution in [0, 0.1) is 17.7 Å². The van der Waals surface area contributed by atoms with Crippen molar-refractivity contribution in [2.24, 2.45) is 0 Å². The number of rotatable bonds is 1. The van der Waals surface area contributed by atoms with Gasteiger partial charge in [0.05, 0.1) is 11.6 Å². The summed E-state index contributed by atoms with van der Waals surface area (Å²) in [4.78, 5) is 19.3. The number of phenolic OH excluding ortho intramolecular Hbond substituents is 1. The largest absolute Gasteiger partial charge is 0.508 e. The SMILES string of the molecule is Oc1cc(-c2nc3c4c(nc(C#CC56CCCN5CCC6)nc4c2F)N2CC4CCC(N4)C2CO3)c2c(Cl)cccc2c1. The second-order valence-corrected chi connectivity index (χ2v) is 13.0. The summed E-state index contributed by atoms with van der Waals surface area (Å²) in [7, 11) is 0. The molecule has 0 amide bonds. The Bertz CT molecular complexity index is 1900. The van der Waals surface area contributed by atoms with Crippen molar-refractivity contribution in [3.63, 3.8) is 0 Å². The monoisotopic (exact) mass is 596 g/mol. The molecule has 2 aromatic heterocycles. The van der Waals surface area contributed by atoms with Gasteiger partial charge in [-0.3, -0.25) is 4.90 Å². The fourth-order valence-electron chi connectivity index (χ4n) is 8.21. The molecule has 5 aliphatic heterocycles. The minimum absolute atomic E-state index is 0.0102. The van der Waals surface area contributed by atoms with E-state index in [4.69, 9.17) is 31.3 Å². The van der Waals surface area contributed by atoms with Gasteiger partial charge in [-0.15, -0.1) is 0 Å². The fraction of sp³-hybridized carbons (Fsp3) is 0.424. The third-order valence-electron chi connectivity index (χ3n) is 10.2. The highest BCUT2D eigenvalue weighted by atomic mass is 35.5. The van der Waals surface area contributed by atoms with Gasteiger partial charge in [0.2, 0.25) is 11.7 Å². The molecule has 3 unspecified atom stereocenters. The fourth-order valence-corrected chi connectivity index (χ4v) is 8.49. The van der Waals surface area contributed by atoms with Crippen molar-refractivity contribution in [2.45, 2.75) is 62.2 Å². The highest BCUT2D eigenvalue weighted by molar-refractivity contribution is 6.36. The molecule has 2 aromatic carbocycles. The van der Waals surface area contributed by atoms with Gasteiger partial charge in [-0.05, 0) is 81.1 Å². The first-order chi connectivity index (χ1) is 21.0. The van der Waals surface area contributed by atoms with Crippen molar-refractivity contribution in [1.29, 1.82) is 0 Å². The molecule has 43 heavy (non-hydrogen) atoms. The third kappa shape index (κ3) is 3.86. The lowest BCUT2D eigenvalue weighted by atomic mass is 9.95. The van der Waals surface area contributed by atoms with Gasteiger partial charge in [-0.1, -0.05) is 29.7 Å². The van der Waals surface area contributed by atoms with E-state index in [0.717, 1.165) is 58.2 Å². The van der Waals surface area contributed by atoms with Crippen LogP contribution in [0.2, 0.25) is 5.02 Å². The molecule has 0 spiro atoms. The first-order valence-corrected chi connectivity index (χ1v) is 15.6. The maximum absolute atomic E-state index is 16.9. The van der Waals surface area contributed by atoms with Crippen LogP contribution < -0.4 is 15.0 Å². The summed E-state index contributed by atoms with van der Waals surface area (Å²) < 4.78 is 23.3. The van der Waals surface area contributed by atoms with E-state index in [9.17, 15) is 5.11 Å². The molecule has 0 radical (unpaired) electrons. The molecule has 218 valence electrons. The maximum Gasteiger partial charge on any atom is 0.227 e. The van der Waals surface area contributed by atoms with Gasteiger partial charge in [0.25, 0.3) is 0 Å². The van der Waals surface area contributed by atoms with Crippen molar-refractivity contribution in [3.05, 3.63) is 47.0 Å². The molecule has 2 N–H and O–H groups in total. The number of ether oxygens (including phenoxy) is 1. The molecule has 9 rings (SSSR count). The molecule has 4 aromatic rings. The number of pyridine rings is 1. The molecule has 10 heteroatoms. The Hall–Kier alpha value is -3.71. The van der Waals surface area contributed by atoms with Crippen LogP contribution in [0.25, 0.3) is 32.9 Å². The topological polar surface area (TPSA) is 86.6 Å². The second-order valence-electron chi connectivity index (χ2n) is 12.6. The molecule has 4 fully saturated rings. The smallest absolute Gasteiger partial charge is 0.227 e. The first-order valence-electron chi connectivity index (χ1n) is 15.2. The van der Waals surface area contributed by atoms with E-state index >= 15 is 4.39 Å². The summed E-state index contributed by atoms with van der Waals surface area (Å²) >= 11 is 6.64. The van der Waals surface area contributed by atoms with Crippen LogP contribution in [0.15, 0.2) is 30.3 Å². The Morgan fingerprint density at radius 3 is 2.81 bits per heavy atom. The Labute approximate surface area is 253 Å². The van der Waals surface area contributed by atoms with E-state index in [1.165, 1.54) is 6.07 Å². The Morgan fingerprint density at radius 2 is 1.95 bits per heavy atom. The second kappa shape index (κ2) is 9.39. The van der Waals surface area contributed by atoms with Crippen LogP contribution in [0.4, 0.5) is 10.2 Å². The number of aromatic nitrogens is 3. The van der Waals surface area contributed by atoms with Gasteiger partial charge < -0.3 is 20.1 Å². The quantitative estimate of drug-likeness (QED) is 0.296. The lowest BCUT2D eigenvalue weighted by Crippen LogP contribution is -2.60. The number of hydrogen-bond acceptors (Lipinski definition) is 8. The van der Waals surface area contributed by atoms with E-state index in [-0.39, 0.29) is 40.5 Å². The third-order valence-corrected chi connectivity index (χ3v) is 10.5. The standard InChI is InChI=1S/C33H30ClFN6O2/c34-22-5-1-4-18-14-20(42)15-21(26(18)22)29-28(35)30-27-31(38-25(37-30)8-11-33-9-2-12-40(33)13-3-10-33)41-16-19-6-7-23(36-19)24(41)17-43-32(27)39-29/h1,4-5,14-15,19,23-24,36,42H,2-3,6-7,9-10,12-13,16-17H2. The van der Waals surface area contributed by atoms with Crippen LogP contribution in [0.1, 0.15) is 44.3 Å². The molecule has 0 aliphatic carbocycles. The minimum Gasteiger partial charge on any atom is -0.508 e. The highest BCUT2D eigenvalue weighted by Gasteiger charge is 2.45. The van der Waals surface area contributed by atoms with Gasteiger partial charge in [0.1, 0.15) is 34.8 Å². The number of aromatic hydroxyl groups is 1. The van der Waals surface area contributed by atoms with Crippen LogP contribution >= 0.6 is 11.6 Å². The molecule has 3 atom stereocenters. The zero-order chi connectivity index (χ0) is 28.9. The van der Waals surface area contributed by atoms with E-state index in [1.807, 2.05) is 6.07 Å². The molecule has 4 saturated heterocycles. The lowest BCUT2D eigenvalue weighted by molar-refractivity contribution is 0.238. The van der Waals surface area contributed by atoms with Crippen molar-refractivity contribution in [1.82, 2.24) is 25.2 Å². The highest BCUT2D eigenvalue weighted by Crippen LogP contribution is 2.44. The number of halogens is 2. The van der Waals surface area contributed by atoms with Crippen molar-refractivity contribution in [2.75, 3.05) is 31.1 Å². The summed E-state index contributed by atoms with van der Waals surface area (Å²) in [5, 5.41) is 16.5. The van der Waals surface area contributed by atoms with E-state index < -0.39 is 5.82 Å². The van der Waals surface area contributed by atoms with Crippen LogP contribution in [0.5, 0.6) is 11.6 Å². The van der Waals surface area contributed by atoms with Gasteiger partial charge >= 0.3 is 0 Å². The summed E-state index contributed by atoms with van der Waals surface area (Å²) in [6, 6.07) is 9.09. The summed E-state index contributed by atoms with van der Waals surface area (Å²) in [5.74, 6) is 7.45. The van der Waals surface area contributed by atoms with E-state index in [0.29, 0.717) is 51.0 Å². The van der Waals surface area contributed by atoms with Crippen molar-refractivity contribution in [3.8, 4) is 34.7 Å². The molecule has 2 bridgehead atoms. The summed E-state index contributed by atoms with van der Waals surface area (Å²) in [5.41, 5.74) is 0.380. The van der Waals surface area contributed by atoms with Crippen LogP contribution in [-0.2, 0) is 0 Å². The van der Waals surface area contributed by atoms with E-state index in [1.54, 1.807) is 18.2 Å². The van der Waals surface area contributed by atoms with Crippen LogP contribution in [0.3, 0.4) is 0 Å². The minimum atomic E-state index is -0.612. The molecular formula is C33H30ClFN6O2. The number of hydrogen-bond donors (Lipinski definition) is 2. The molecule has 5 aliphatic rings. The number of benzene rings is 2. The average Bonchev–Trinajstić information content (AvgIpc) is 3.67. The normalized spacial score (nSPS) is 25.3. The first kappa shape index (κ1) is 25.8. The Balaban J connectivity index is 1.29. The van der Waals surface area contributed by atoms with Crippen molar-refractivity contribution >= 4 is 39.1 Å². The molecule has 0 saturated carbocycles. The van der Waals surface area contributed by atoms with E-state index in [2.05, 4.69) is 27.0 Å². The van der Waals surface area contributed by atoms with Gasteiger partial charge in [-0.25, -0.2) is 19.3 Å². The number of nitrogens with one attached hydrogen (secondary N) is 1. The average molecular weight is 597 g/mol. The number of fused-ring (bicyclic) bond motifs is 7. The number of piperazine rings is 1. The van der Waals surface area contributed by atoms with Gasteiger partial charge in [0.15, 0.2) is 5.82 Å².